The van der Waals surface area contributed by atoms with Crippen molar-refractivity contribution in [2.75, 3.05) is 11.6 Å². The SMILES string of the molecule is CCn1cc(C(C)Nc2ccccc2SC)cn1. The number of benzene rings is 1. The molecule has 1 unspecified atom stereocenters. The lowest BCUT2D eigenvalue weighted by Crippen LogP contribution is -2.06. The summed E-state index contributed by atoms with van der Waals surface area (Å²) in [6.45, 7) is 5.17. The van der Waals surface area contributed by atoms with Gasteiger partial charge in [-0.15, -0.1) is 11.8 Å². The molecule has 0 saturated carbocycles. The van der Waals surface area contributed by atoms with Crippen LogP contribution in [-0.4, -0.2) is 16.0 Å². The summed E-state index contributed by atoms with van der Waals surface area (Å²) in [5, 5.41) is 7.85. The monoisotopic (exact) mass is 261 g/mol. The summed E-state index contributed by atoms with van der Waals surface area (Å²) >= 11 is 1.76. The third-order valence-corrected chi connectivity index (χ3v) is 3.75. The third kappa shape index (κ3) is 2.88. The van der Waals surface area contributed by atoms with Crippen LogP contribution in [0, 0.1) is 0 Å². The van der Waals surface area contributed by atoms with Gasteiger partial charge in [0, 0.05) is 28.9 Å². The van der Waals surface area contributed by atoms with Crippen LogP contribution in [0.1, 0.15) is 25.5 Å². The molecule has 0 aliphatic rings. The summed E-state index contributed by atoms with van der Waals surface area (Å²) in [7, 11) is 0. The fourth-order valence-electron chi connectivity index (χ4n) is 1.86. The van der Waals surface area contributed by atoms with Crippen molar-refractivity contribution in [2.24, 2.45) is 0 Å². The molecule has 96 valence electrons. The van der Waals surface area contributed by atoms with Crippen molar-refractivity contribution in [3.8, 4) is 0 Å². The van der Waals surface area contributed by atoms with Crippen molar-refractivity contribution in [3.05, 3.63) is 42.2 Å². The Hall–Kier alpha value is -1.42. The number of para-hydroxylation sites is 1. The Morgan fingerprint density at radius 2 is 2.17 bits per heavy atom. The van der Waals surface area contributed by atoms with E-state index in [1.807, 2.05) is 10.9 Å². The fraction of sp³-hybridized carbons (Fsp3) is 0.357. The van der Waals surface area contributed by atoms with E-state index in [1.165, 1.54) is 16.1 Å². The molecule has 0 aliphatic carbocycles. The minimum Gasteiger partial charge on any atom is -0.377 e. The highest BCUT2D eigenvalue weighted by Gasteiger charge is 2.09. The molecule has 0 saturated heterocycles. The zero-order valence-electron chi connectivity index (χ0n) is 11.1. The lowest BCUT2D eigenvalue weighted by atomic mass is 10.2. The molecular weight excluding hydrogens is 242 g/mol. The Morgan fingerprint density at radius 1 is 1.39 bits per heavy atom. The van der Waals surface area contributed by atoms with E-state index in [9.17, 15) is 0 Å². The van der Waals surface area contributed by atoms with Crippen molar-refractivity contribution in [1.29, 1.82) is 0 Å². The molecule has 3 nitrogen and oxygen atoms in total. The van der Waals surface area contributed by atoms with Crippen molar-refractivity contribution < 1.29 is 0 Å². The molecule has 1 atom stereocenters. The van der Waals surface area contributed by atoms with Gasteiger partial charge in [0.15, 0.2) is 0 Å². The predicted molar refractivity (Wildman–Crippen MR) is 78.2 cm³/mol. The topological polar surface area (TPSA) is 29.9 Å². The maximum Gasteiger partial charge on any atom is 0.0542 e. The van der Waals surface area contributed by atoms with Gasteiger partial charge in [0.2, 0.25) is 0 Å². The van der Waals surface area contributed by atoms with Gasteiger partial charge in [0.05, 0.1) is 12.2 Å². The maximum atomic E-state index is 4.31. The first-order chi connectivity index (χ1) is 8.74. The predicted octanol–water partition coefficient (Wildman–Crippen LogP) is 3.80. The molecule has 1 aromatic carbocycles. The van der Waals surface area contributed by atoms with Crippen LogP contribution in [0.5, 0.6) is 0 Å². The van der Waals surface area contributed by atoms with Crippen LogP contribution >= 0.6 is 11.8 Å². The molecule has 0 bridgehead atoms. The number of hydrogen-bond acceptors (Lipinski definition) is 3. The van der Waals surface area contributed by atoms with Crippen LogP contribution < -0.4 is 5.32 Å². The first-order valence-corrected chi connectivity index (χ1v) is 7.39. The molecule has 0 aliphatic heterocycles. The van der Waals surface area contributed by atoms with Gasteiger partial charge in [-0.1, -0.05) is 12.1 Å². The highest BCUT2D eigenvalue weighted by atomic mass is 32.2. The lowest BCUT2D eigenvalue weighted by molar-refractivity contribution is 0.658. The summed E-state index contributed by atoms with van der Waals surface area (Å²) in [5.74, 6) is 0. The Morgan fingerprint density at radius 3 is 2.83 bits per heavy atom. The Bertz CT molecular complexity index is 507. The van der Waals surface area contributed by atoms with Crippen molar-refractivity contribution in [2.45, 2.75) is 31.3 Å². The average Bonchev–Trinajstić information content (AvgIpc) is 2.88. The zero-order valence-corrected chi connectivity index (χ0v) is 11.9. The van der Waals surface area contributed by atoms with E-state index >= 15 is 0 Å². The Kier molecular flexibility index (Phi) is 4.31. The molecule has 0 radical (unpaired) electrons. The van der Waals surface area contributed by atoms with Crippen LogP contribution in [0.3, 0.4) is 0 Å². The number of thioether (sulfide) groups is 1. The second kappa shape index (κ2) is 5.96. The molecular formula is C14H19N3S. The molecule has 1 aromatic heterocycles. The Balaban J connectivity index is 2.13. The average molecular weight is 261 g/mol. The molecule has 0 fully saturated rings. The molecule has 1 heterocycles. The largest absolute Gasteiger partial charge is 0.377 e. The van der Waals surface area contributed by atoms with Crippen LogP contribution in [0.25, 0.3) is 0 Å². The second-order valence-corrected chi connectivity index (χ2v) is 5.04. The van der Waals surface area contributed by atoms with E-state index in [-0.39, 0.29) is 6.04 Å². The quantitative estimate of drug-likeness (QED) is 0.830. The second-order valence-electron chi connectivity index (χ2n) is 4.20. The van der Waals surface area contributed by atoms with E-state index in [1.54, 1.807) is 11.8 Å². The summed E-state index contributed by atoms with van der Waals surface area (Å²) in [5.41, 5.74) is 2.40. The number of nitrogens with one attached hydrogen (secondary N) is 1. The summed E-state index contributed by atoms with van der Waals surface area (Å²) < 4.78 is 1.95. The van der Waals surface area contributed by atoms with E-state index in [0.717, 1.165) is 6.54 Å². The molecule has 0 amide bonds. The van der Waals surface area contributed by atoms with E-state index < -0.39 is 0 Å². The highest BCUT2D eigenvalue weighted by molar-refractivity contribution is 7.98. The van der Waals surface area contributed by atoms with E-state index in [4.69, 9.17) is 0 Å². The van der Waals surface area contributed by atoms with Gasteiger partial charge >= 0.3 is 0 Å². The number of anilines is 1. The van der Waals surface area contributed by atoms with Crippen LogP contribution in [0.15, 0.2) is 41.6 Å². The van der Waals surface area contributed by atoms with Crippen molar-refractivity contribution in [1.82, 2.24) is 9.78 Å². The maximum absolute atomic E-state index is 4.31. The van der Waals surface area contributed by atoms with Crippen LogP contribution in [0.2, 0.25) is 0 Å². The smallest absolute Gasteiger partial charge is 0.0542 e. The lowest BCUT2D eigenvalue weighted by Gasteiger charge is -2.16. The molecule has 0 spiro atoms. The van der Waals surface area contributed by atoms with E-state index in [2.05, 4.69) is 61.0 Å². The van der Waals surface area contributed by atoms with Gasteiger partial charge in [0.25, 0.3) is 0 Å². The van der Waals surface area contributed by atoms with Gasteiger partial charge in [-0.3, -0.25) is 4.68 Å². The van der Waals surface area contributed by atoms with Gasteiger partial charge in [0.1, 0.15) is 0 Å². The highest BCUT2D eigenvalue weighted by Crippen LogP contribution is 2.28. The van der Waals surface area contributed by atoms with Crippen molar-refractivity contribution >= 4 is 17.4 Å². The third-order valence-electron chi connectivity index (χ3n) is 2.96. The first kappa shape index (κ1) is 13.0. The standard InChI is InChI=1S/C14H19N3S/c1-4-17-10-12(9-15-17)11(2)16-13-7-5-6-8-14(13)18-3/h5-11,16H,4H2,1-3H3. The fourth-order valence-corrected chi connectivity index (χ4v) is 2.42. The summed E-state index contributed by atoms with van der Waals surface area (Å²) in [6, 6.07) is 8.64. The summed E-state index contributed by atoms with van der Waals surface area (Å²) in [4.78, 5) is 1.27. The van der Waals surface area contributed by atoms with E-state index in [0.29, 0.717) is 0 Å². The number of nitrogens with zero attached hydrogens (tertiary/aromatic N) is 2. The number of aryl methyl sites for hydroxylation is 1. The normalized spacial score (nSPS) is 12.4. The van der Waals surface area contributed by atoms with Gasteiger partial charge in [-0.2, -0.15) is 5.10 Å². The first-order valence-electron chi connectivity index (χ1n) is 6.16. The minimum absolute atomic E-state index is 0.263. The minimum atomic E-state index is 0.263. The number of hydrogen-bond donors (Lipinski definition) is 1. The zero-order chi connectivity index (χ0) is 13.0. The van der Waals surface area contributed by atoms with Gasteiger partial charge in [-0.05, 0) is 32.2 Å². The molecule has 1 N–H and O–H groups in total. The molecule has 18 heavy (non-hydrogen) atoms. The van der Waals surface area contributed by atoms with Crippen LogP contribution in [0.4, 0.5) is 5.69 Å². The Labute approximate surface area is 113 Å². The molecule has 2 rings (SSSR count). The van der Waals surface area contributed by atoms with Crippen molar-refractivity contribution in [3.63, 3.8) is 0 Å². The molecule has 4 heteroatoms. The van der Waals surface area contributed by atoms with Gasteiger partial charge < -0.3 is 5.32 Å². The number of rotatable bonds is 5. The number of aromatic nitrogens is 2. The molecule has 2 aromatic rings. The van der Waals surface area contributed by atoms with Gasteiger partial charge in [-0.25, -0.2) is 0 Å². The summed E-state index contributed by atoms with van der Waals surface area (Å²) in [6.07, 6.45) is 6.13. The van der Waals surface area contributed by atoms with Crippen LogP contribution in [-0.2, 0) is 6.54 Å².